The number of carbonyl (C=O) groups excluding carboxylic acids is 1. The van der Waals surface area contributed by atoms with Crippen LogP contribution in [0.5, 0.6) is 11.5 Å². The van der Waals surface area contributed by atoms with E-state index in [1.807, 2.05) is 41.3 Å². The Labute approximate surface area is 189 Å². The normalized spacial score (nSPS) is 18.4. The van der Waals surface area contributed by atoms with Crippen LogP contribution < -0.4 is 20.1 Å². The molecule has 2 aromatic carbocycles. The number of rotatable bonds is 7. The number of amides is 1. The maximum atomic E-state index is 12.4. The van der Waals surface area contributed by atoms with E-state index in [2.05, 4.69) is 27.8 Å². The molecular formula is C25H32N4O3. The largest absolute Gasteiger partial charge is 0.490 e. The van der Waals surface area contributed by atoms with E-state index in [1.165, 1.54) is 5.56 Å². The van der Waals surface area contributed by atoms with Crippen LogP contribution >= 0.6 is 0 Å². The minimum absolute atomic E-state index is 0.236. The molecule has 7 nitrogen and oxygen atoms in total. The van der Waals surface area contributed by atoms with Crippen molar-refractivity contribution in [2.75, 3.05) is 39.9 Å². The predicted molar refractivity (Wildman–Crippen MR) is 125 cm³/mol. The van der Waals surface area contributed by atoms with Crippen molar-refractivity contribution in [2.45, 2.75) is 25.8 Å². The van der Waals surface area contributed by atoms with Crippen LogP contribution in [0.1, 0.15) is 24.0 Å². The molecule has 2 aliphatic heterocycles. The molecule has 1 amide bonds. The lowest BCUT2D eigenvalue weighted by Crippen LogP contribution is -2.40. The molecule has 7 heteroatoms. The summed E-state index contributed by atoms with van der Waals surface area (Å²) in [4.78, 5) is 18.7. The number of likely N-dealkylation sites (tertiary alicyclic amines) is 1. The molecule has 1 saturated heterocycles. The number of benzene rings is 2. The molecule has 0 bridgehead atoms. The van der Waals surface area contributed by atoms with E-state index in [-0.39, 0.29) is 11.8 Å². The Kier molecular flexibility index (Phi) is 7.48. The first-order valence-corrected chi connectivity index (χ1v) is 11.4. The third-order valence-electron chi connectivity index (χ3n) is 5.89. The Bertz CT molecular complexity index is 932. The lowest BCUT2D eigenvalue weighted by Gasteiger charge is -2.18. The van der Waals surface area contributed by atoms with Crippen LogP contribution in [0.25, 0.3) is 0 Å². The molecule has 1 atom stereocenters. The maximum Gasteiger partial charge on any atom is 0.223 e. The lowest BCUT2D eigenvalue weighted by molar-refractivity contribution is -0.127. The molecule has 4 rings (SSSR count). The van der Waals surface area contributed by atoms with Gasteiger partial charge >= 0.3 is 0 Å². The van der Waals surface area contributed by atoms with Gasteiger partial charge in [-0.15, -0.1) is 0 Å². The van der Waals surface area contributed by atoms with E-state index in [0.29, 0.717) is 38.7 Å². The molecule has 2 aliphatic rings. The number of carbonyl (C=O) groups is 1. The fourth-order valence-corrected chi connectivity index (χ4v) is 4.15. The van der Waals surface area contributed by atoms with Crippen molar-refractivity contribution in [3.8, 4) is 11.5 Å². The van der Waals surface area contributed by atoms with Crippen molar-refractivity contribution in [1.29, 1.82) is 0 Å². The first-order valence-electron chi connectivity index (χ1n) is 11.4. The summed E-state index contributed by atoms with van der Waals surface area (Å²) in [6.07, 6.45) is 2.35. The Morgan fingerprint density at radius 3 is 2.78 bits per heavy atom. The summed E-state index contributed by atoms with van der Waals surface area (Å²) in [5.41, 5.74) is 2.30. The van der Waals surface area contributed by atoms with Gasteiger partial charge in [-0.1, -0.05) is 42.5 Å². The number of hydrogen-bond donors (Lipinski definition) is 2. The monoisotopic (exact) mass is 436 g/mol. The smallest absolute Gasteiger partial charge is 0.223 e. The number of fused-ring (bicyclic) bond motifs is 1. The third kappa shape index (κ3) is 5.72. The number of ether oxygens (including phenoxy) is 2. The van der Waals surface area contributed by atoms with E-state index in [9.17, 15) is 4.79 Å². The summed E-state index contributed by atoms with van der Waals surface area (Å²) in [5, 5.41) is 6.73. The van der Waals surface area contributed by atoms with Gasteiger partial charge in [-0.3, -0.25) is 9.79 Å². The van der Waals surface area contributed by atoms with E-state index >= 15 is 0 Å². The van der Waals surface area contributed by atoms with Gasteiger partial charge in [0.2, 0.25) is 5.91 Å². The third-order valence-corrected chi connectivity index (χ3v) is 5.89. The number of hydrogen-bond acceptors (Lipinski definition) is 4. The van der Waals surface area contributed by atoms with Gasteiger partial charge < -0.3 is 25.0 Å². The zero-order valence-electron chi connectivity index (χ0n) is 18.7. The fraction of sp³-hybridized carbons (Fsp3) is 0.440. The highest BCUT2D eigenvalue weighted by atomic mass is 16.5. The van der Waals surface area contributed by atoms with Crippen molar-refractivity contribution in [2.24, 2.45) is 10.9 Å². The standard InChI is InChI=1S/C25H32N4O3/c1-26-25(28-17-21-9-5-10-22-24(21)32-14-6-13-31-22)27-16-20-15-23(30)29(18-20)12-11-19-7-3-2-4-8-19/h2-5,7-10,20H,6,11-18H2,1H3,(H2,26,27,28). The molecule has 2 N–H and O–H groups in total. The highest BCUT2D eigenvalue weighted by Crippen LogP contribution is 2.33. The van der Waals surface area contributed by atoms with Gasteiger partial charge in [-0.25, -0.2) is 0 Å². The van der Waals surface area contributed by atoms with Crippen LogP contribution in [-0.4, -0.2) is 56.7 Å². The first-order chi connectivity index (χ1) is 15.7. The summed E-state index contributed by atoms with van der Waals surface area (Å²) in [7, 11) is 1.76. The highest BCUT2D eigenvalue weighted by Gasteiger charge is 2.29. The summed E-state index contributed by atoms with van der Waals surface area (Å²) in [6.45, 7) is 4.18. The van der Waals surface area contributed by atoms with Gasteiger partial charge in [0.1, 0.15) is 0 Å². The SMILES string of the molecule is CN=C(NCc1cccc2c1OCCCO2)NCC1CC(=O)N(CCc2ccccc2)C1. The zero-order valence-corrected chi connectivity index (χ0v) is 18.7. The van der Waals surface area contributed by atoms with Crippen molar-refractivity contribution < 1.29 is 14.3 Å². The van der Waals surface area contributed by atoms with Gasteiger partial charge in [0, 0.05) is 57.5 Å². The Morgan fingerprint density at radius 2 is 1.94 bits per heavy atom. The Morgan fingerprint density at radius 1 is 1.09 bits per heavy atom. The molecule has 1 fully saturated rings. The highest BCUT2D eigenvalue weighted by molar-refractivity contribution is 5.81. The topological polar surface area (TPSA) is 75.2 Å². The van der Waals surface area contributed by atoms with Crippen LogP contribution in [0, 0.1) is 5.92 Å². The second-order valence-corrected chi connectivity index (χ2v) is 8.25. The van der Waals surface area contributed by atoms with Gasteiger partial charge in [0.15, 0.2) is 17.5 Å². The molecule has 1 unspecified atom stereocenters. The molecule has 0 aromatic heterocycles. The molecule has 0 spiro atoms. The van der Waals surface area contributed by atoms with E-state index in [0.717, 1.165) is 43.0 Å². The zero-order chi connectivity index (χ0) is 22.2. The van der Waals surface area contributed by atoms with Crippen LogP contribution in [0.15, 0.2) is 53.5 Å². The van der Waals surface area contributed by atoms with Crippen LogP contribution in [0.2, 0.25) is 0 Å². The van der Waals surface area contributed by atoms with Crippen molar-refractivity contribution >= 4 is 11.9 Å². The molecular weight excluding hydrogens is 404 g/mol. The molecule has 32 heavy (non-hydrogen) atoms. The molecule has 2 aromatic rings. The summed E-state index contributed by atoms with van der Waals surface area (Å²) in [5.74, 6) is 2.84. The summed E-state index contributed by atoms with van der Waals surface area (Å²) in [6, 6.07) is 16.3. The Balaban J connectivity index is 1.24. The molecule has 0 aliphatic carbocycles. The predicted octanol–water partition coefficient (Wildman–Crippen LogP) is 2.60. The lowest BCUT2D eigenvalue weighted by atomic mass is 10.1. The molecule has 0 radical (unpaired) electrons. The Hall–Kier alpha value is -3.22. The van der Waals surface area contributed by atoms with Gasteiger partial charge in [-0.2, -0.15) is 0 Å². The first kappa shape index (κ1) is 22.0. The maximum absolute atomic E-state index is 12.4. The average molecular weight is 437 g/mol. The van der Waals surface area contributed by atoms with E-state index < -0.39 is 0 Å². The van der Waals surface area contributed by atoms with Crippen LogP contribution in [-0.2, 0) is 17.8 Å². The van der Waals surface area contributed by atoms with Crippen molar-refractivity contribution in [1.82, 2.24) is 15.5 Å². The summed E-state index contributed by atoms with van der Waals surface area (Å²) >= 11 is 0. The number of para-hydroxylation sites is 1. The second-order valence-electron chi connectivity index (χ2n) is 8.25. The summed E-state index contributed by atoms with van der Waals surface area (Å²) < 4.78 is 11.7. The minimum atomic E-state index is 0.236. The van der Waals surface area contributed by atoms with Gasteiger partial charge in [0.05, 0.1) is 13.2 Å². The molecule has 2 heterocycles. The van der Waals surface area contributed by atoms with Gasteiger partial charge in [0.25, 0.3) is 0 Å². The van der Waals surface area contributed by atoms with E-state index in [4.69, 9.17) is 9.47 Å². The number of guanidine groups is 1. The van der Waals surface area contributed by atoms with E-state index in [1.54, 1.807) is 7.05 Å². The van der Waals surface area contributed by atoms with Crippen molar-refractivity contribution in [3.63, 3.8) is 0 Å². The van der Waals surface area contributed by atoms with Crippen LogP contribution in [0.4, 0.5) is 0 Å². The van der Waals surface area contributed by atoms with Gasteiger partial charge in [-0.05, 0) is 18.1 Å². The number of nitrogens with zero attached hydrogens (tertiary/aromatic N) is 2. The van der Waals surface area contributed by atoms with Crippen molar-refractivity contribution in [3.05, 3.63) is 59.7 Å². The fourth-order valence-electron chi connectivity index (χ4n) is 4.15. The number of aliphatic imine (C=N–C) groups is 1. The number of nitrogens with one attached hydrogen (secondary N) is 2. The van der Waals surface area contributed by atoms with Crippen LogP contribution in [0.3, 0.4) is 0 Å². The average Bonchev–Trinajstić information content (AvgIpc) is 3.01. The molecule has 170 valence electrons. The minimum Gasteiger partial charge on any atom is -0.490 e. The second kappa shape index (κ2) is 10.9. The quantitative estimate of drug-likeness (QED) is 0.516. The molecule has 0 saturated carbocycles.